The van der Waals surface area contributed by atoms with Gasteiger partial charge in [-0.05, 0) is 29.5 Å². The van der Waals surface area contributed by atoms with Crippen molar-refractivity contribution in [2.24, 2.45) is 0 Å². The summed E-state index contributed by atoms with van der Waals surface area (Å²) < 4.78 is 2.23. The van der Waals surface area contributed by atoms with E-state index in [9.17, 15) is 4.79 Å². The van der Waals surface area contributed by atoms with E-state index in [1.165, 1.54) is 4.70 Å². The topological polar surface area (TPSA) is 30.0 Å². The minimum atomic E-state index is 0.239. The highest BCUT2D eigenvalue weighted by atomic mass is 32.2. The smallest absolute Gasteiger partial charge is 0.156 e. The first-order valence-corrected chi connectivity index (χ1v) is 6.71. The molecule has 0 saturated heterocycles. The summed E-state index contributed by atoms with van der Waals surface area (Å²) in [7, 11) is 0. The summed E-state index contributed by atoms with van der Waals surface area (Å²) in [6, 6.07) is 8.11. The van der Waals surface area contributed by atoms with Crippen molar-refractivity contribution in [3.8, 4) is 0 Å². The first kappa shape index (κ1) is 10.1. The lowest BCUT2D eigenvalue weighted by Crippen LogP contribution is -1.80. The SMILES string of the molecule is O=C1C=C(Sc2nc3ccccc3s2)CC1. The fourth-order valence-electron chi connectivity index (χ4n) is 1.66. The fraction of sp³-hybridized carbons (Fsp3) is 0.167. The number of nitrogens with zero attached hydrogens (tertiary/aromatic N) is 1. The Kier molecular flexibility index (Phi) is 2.53. The van der Waals surface area contributed by atoms with E-state index < -0.39 is 0 Å². The van der Waals surface area contributed by atoms with Gasteiger partial charge in [-0.1, -0.05) is 23.9 Å². The molecule has 80 valence electrons. The molecule has 2 nitrogen and oxygen atoms in total. The van der Waals surface area contributed by atoms with E-state index in [1.54, 1.807) is 29.2 Å². The third-order valence-corrected chi connectivity index (χ3v) is 4.61. The number of para-hydroxylation sites is 1. The quantitative estimate of drug-likeness (QED) is 0.811. The van der Waals surface area contributed by atoms with Gasteiger partial charge >= 0.3 is 0 Å². The maximum atomic E-state index is 11.1. The van der Waals surface area contributed by atoms with Gasteiger partial charge in [-0.25, -0.2) is 4.98 Å². The van der Waals surface area contributed by atoms with Crippen molar-refractivity contribution < 1.29 is 4.79 Å². The second-order valence-electron chi connectivity index (χ2n) is 3.63. The first-order chi connectivity index (χ1) is 7.81. The number of aromatic nitrogens is 1. The van der Waals surface area contributed by atoms with Crippen LogP contribution in [0.15, 0.2) is 39.6 Å². The molecule has 1 aromatic heterocycles. The van der Waals surface area contributed by atoms with Crippen LogP contribution in [0, 0.1) is 0 Å². The number of benzene rings is 1. The predicted octanol–water partition coefficient (Wildman–Crippen LogP) is 3.64. The van der Waals surface area contributed by atoms with Gasteiger partial charge in [0.25, 0.3) is 0 Å². The predicted molar refractivity (Wildman–Crippen MR) is 67.8 cm³/mol. The molecule has 4 heteroatoms. The standard InChI is InChI=1S/C12H9NOS2/c14-8-5-6-9(7-8)15-12-13-10-3-1-2-4-11(10)16-12/h1-4,7H,5-6H2. The molecule has 0 spiro atoms. The molecule has 1 heterocycles. The summed E-state index contributed by atoms with van der Waals surface area (Å²) in [6.45, 7) is 0. The number of ketones is 1. The van der Waals surface area contributed by atoms with Crippen molar-refractivity contribution in [1.82, 2.24) is 4.98 Å². The van der Waals surface area contributed by atoms with Crippen LogP contribution >= 0.6 is 23.1 Å². The van der Waals surface area contributed by atoms with Crippen molar-refractivity contribution in [2.75, 3.05) is 0 Å². The van der Waals surface area contributed by atoms with Crippen molar-refractivity contribution in [1.29, 1.82) is 0 Å². The molecule has 0 aliphatic heterocycles. The second-order valence-corrected chi connectivity index (χ2v) is 6.03. The van der Waals surface area contributed by atoms with Crippen LogP contribution < -0.4 is 0 Å². The molecule has 0 fully saturated rings. The van der Waals surface area contributed by atoms with Gasteiger partial charge < -0.3 is 0 Å². The van der Waals surface area contributed by atoms with Crippen molar-refractivity contribution in [3.05, 3.63) is 35.2 Å². The monoisotopic (exact) mass is 247 g/mol. The van der Waals surface area contributed by atoms with E-state index in [0.29, 0.717) is 6.42 Å². The maximum Gasteiger partial charge on any atom is 0.156 e. The Morgan fingerprint density at radius 3 is 2.88 bits per heavy atom. The van der Waals surface area contributed by atoms with Gasteiger partial charge in [0, 0.05) is 6.42 Å². The van der Waals surface area contributed by atoms with Gasteiger partial charge in [0.05, 0.1) is 10.2 Å². The summed E-state index contributed by atoms with van der Waals surface area (Å²) in [4.78, 5) is 16.8. The van der Waals surface area contributed by atoms with Gasteiger partial charge in [0.1, 0.15) is 0 Å². The Labute approximate surface area is 101 Å². The average molecular weight is 247 g/mol. The highest BCUT2D eigenvalue weighted by molar-refractivity contribution is 8.04. The van der Waals surface area contributed by atoms with Crippen LogP contribution in [-0.4, -0.2) is 10.8 Å². The average Bonchev–Trinajstić information content (AvgIpc) is 2.84. The van der Waals surface area contributed by atoms with E-state index in [4.69, 9.17) is 0 Å². The molecule has 1 aliphatic carbocycles. The van der Waals surface area contributed by atoms with E-state index in [2.05, 4.69) is 11.1 Å². The Morgan fingerprint density at radius 1 is 1.25 bits per heavy atom. The minimum Gasteiger partial charge on any atom is -0.295 e. The Hall–Kier alpha value is -1.13. The van der Waals surface area contributed by atoms with Crippen LogP contribution in [0.4, 0.5) is 0 Å². The largest absolute Gasteiger partial charge is 0.295 e. The molecule has 0 bridgehead atoms. The van der Waals surface area contributed by atoms with Crippen LogP contribution in [0.1, 0.15) is 12.8 Å². The van der Waals surface area contributed by atoms with E-state index in [0.717, 1.165) is 21.2 Å². The molecule has 0 amide bonds. The number of thioether (sulfide) groups is 1. The summed E-state index contributed by atoms with van der Waals surface area (Å²) in [5.41, 5.74) is 1.04. The van der Waals surface area contributed by atoms with Crippen LogP contribution in [0.3, 0.4) is 0 Å². The van der Waals surface area contributed by atoms with Crippen molar-refractivity contribution in [3.63, 3.8) is 0 Å². The van der Waals surface area contributed by atoms with Gasteiger partial charge in [0.2, 0.25) is 0 Å². The number of hydrogen-bond acceptors (Lipinski definition) is 4. The number of carbonyl (C=O) groups excluding carboxylic acids is 1. The first-order valence-electron chi connectivity index (χ1n) is 5.08. The Morgan fingerprint density at radius 2 is 2.12 bits per heavy atom. The van der Waals surface area contributed by atoms with Crippen molar-refractivity contribution in [2.45, 2.75) is 17.2 Å². The van der Waals surface area contributed by atoms with Crippen LogP contribution in [0.2, 0.25) is 0 Å². The highest BCUT2D eigenvalue weighted by Gasteiger charge is 2.14. The van der Waals surface area contributed by atoms with E-state index in [1.807, 2.05) is 18.2 Å². The Bertz CT molecular complexity index is 552. The maximum absolute atomic E-state index is 11.1. The second kappa shape index (κ2) is 4.03. The number of hydrogen-bond donors (Lipinski definition) is 0. The summed E-state index contributed by atoms with van der Waals surface area (Å²) in [5, 5.41) is 0. The third kappa shape index (κ3) is 1.90. The summed E-state index contributed by atoms with van der Waals surface area (Å²) >= 11 is 3.31. The molecular weight excluding hydrogens is 238 g/mol. The molecule has 0 atom stereocenters. The number of allylic oxidation sites excluding steroid dienone is 2. The zero-order valence-corrected chi connectivity index (χ0v) is 10.1. The normalized spacial score (nSPS) is 15.8. The number of rotatable bonds is 2. The van der Waals surface area contributed by atoms with Crippen LogP contribution in [0.25, 0.3) is 10.2 Å². The Balaban J connectivity index is 1.90. The molecule has 2 aromatic rings. The van der Waals surface area contributed by atoms with Gasteiger partial charge in [-0.2, -0.15) is 0 Å². The number of carbonyl (C=O) groups is 1. The molecule has 16 heavy (non-hydrogen) atoms. The van der Waals surface area contributed by atoms with Gasteiger partial charge in [-0.15, -0.1) is 11.3 Å². The lowest BCUT2D eigenvalue weighted by molar-refractivity contribution is -0.114. The summed E-state index contributed by atoms with van der Waals surface area (Å²) in [6.07, 6.45) is 3.28. The minimum absolute atomic E-state index is 0.239. The molecule has 0 unspecified atom stereocenters. The fourth-order valence-corrected chi connectivity index (χ4v) is 3.87. The van der Waals surface area contributed by atoms with Crippen molar-refractivity contribution >= 4 is 39.1 Å². The molecule has 3 rings (SSSR count). The highest BCUT2D eigenvalue weighted by Crippen LogP contribution is 2.37. The summed E-state index contributed by atoms with van der Waals surface area (Å²) in [5.74, 6) is 0.239. The molecule has 0 radical (unpaired) electrons. The lowest BCUT2D eigenvalue weighted by Gasteiger charge is -1.94. The lowest BCUT2D eigenvalue weighted by atomic mass is 10.3. The van der Waals surface area contributed by atoms with Crippen LogP contribution in [0.5, 0.6) is 0 Å². The molecule has 1 aliphatic rings. The zero-order valence-electron chi connectivity index (χ0n) is 8.47. The number of fused-ring (bicyclic) bond motifs is 1. The van der Waals surface area contributed by atoms with Gasteiger partial charge in [-0.3, -0.25) is 4.79 Å². The van der Waals surface area contributed by atoms with E-state index >= 15 is 0 Å². The van der Waals surface area contributed by atoms with E-state index in [-0.39, 0.29) is 5.78 Å². The molecular formula is C12H9NOS2. The van der Waals surface area contributed by atoms with Gasteiger partial charge in [0.15, 0.2) is 10.1 Å². The molecule has 0 saturated carbocycles. The molecule has 0 N–H and O–H groups in total. The third-order valence-electron chi connectivity index (χ3n) is 2.43. The zero-order chi connectivity index (χ0) is 11.0. The molecule has 1 aromatic carbocycles. The van der Waals surface area contributed by atoms with Crippen LogP contribution in [-0.2, 0) is 4.79 Å². The number of thiazole rings is 1.